The third-order valence-corrected chi connectivity index (χ3v) is 5.90. The number of nitrogens with zero attached hydrogens (tertiary/aromatic N) is 8. The van der Waals surface area contributed by atoms with Gasteiger partial charge in [-0.15, -0.1) is 10.2 Å². The third-order valence-electron chi connectivity index (χ3n) is 5.45. The van der Waals surface area contributed by atoms with Crippen LogP contribution in [-0.2, 0) is 25.8 Å². The predicted molar refractivity (Wildman–Crippen MR) is 121 cm³/mol. The highest BCUT2D eigenvalue weighted by Gasteiger charge is 2.25. The van der Waals surface area contributed by atoms with Crippen LogP contribution in [0.2, 0.25) is 0 Å². The molecule has 0 aliphatic carbocycles. The molecular weight excluding hydrogens is 476 g/mol. The van der Waals surface area contributed by atoms with Gasteiger partial charge in [-0.2, -0.15) is 4.98 Å². The van der Waals surface area contributed by atoms with Crippen LogP contribution < -0.4 is 5.56 Å². The molecule has 0 amide bonds. The van der Waals surface area contributed by atoms with Gasteiger partial charge in [0.2, 0.25) is 17.5 Å². The minimum absolute atomic E-state index is 0.122. The number of aliphatic imine (C=N–C) groups is 1. The Kier molecular flexibility index (Phi) is 5.64. The summed E-state index contributed by atoms with van der Waals surface area (Å²) in [5.41, 5.74) is 1.38. The Morgan fingerprint density at radius 3 is 2.81 bits per heavy atom. The van der Waals surface area contributed by atoms with Crippen molar-refractivity contribution in [2.24, 2.45) is 4.99 Å². The maximum absolute atomic E-state index is 13.2. The van der Waals surface area contributed by atoms with E-state index in [1.165, 1.54) is 0 Å². The Morgan fingerprint density at radius 1 is 1.16 bits per heavy atom. The SMILES string of the molecule is CCCCCn1c2c(c(=O)n3c(CCc4nc(-c5ccncc5)no4)nnc13)CC(Br)=N2. The summed E-state index contributed by atoms with van der Waals surface area (Å²) in [7, 11) is 0. The number of unbranched alkanes of at least 4 members (excludes halogenated alkanes) is 2. The number of aryl methyl sites for hydroxylation is 3. The van der Waals surface area contributed by atoms with E-state index in [1.54, 1.807) is 16.8 Å². The zero-order valence-electron chi connectivity index (χ0n) is 17.5. The van der Waals surface area contributed by atoms with Gasteiger partial charge in [-0.25, -0.2) is 9.39 Å². The molecule has 0 unspecified atom stereocenters. The summed E-state index contributed by atoms with van der Waals surface area (Å²) < 4.78 is 9.75. The zero-order valence-corrected chi connectivity index (χ0v) is 19.1. The fourth-order valence-electron chi connectivity index (χ4n) is 3.84. The molecule has 1 aliphatic rings. The van der Waals surface area contributed by atoms with Gasteiger partial charge in [0.25, 0.3) is 5.56 Å². The molecule has 0 aromatic carbocycles. The first kappa shape index (κ1) is 20.7. The Bertz CT molecular complexity index is 1360. The maximum Gasteiger partial charge on any atom is 0.266 e. The molecule has 0 atom stereocenters. The third kappa shape index (κ3) is 3.77. The van der Waals surface area contributed by atoms with E-state index in [9.17, 15) is 4.79 Å². The molecule has 32 heavy (non-hydrogen) atoms. The van der Waals surface area contributed by atoms with Crippen molar-refractivity contribution in [2.45, 2.75) is 52.0 Å². The van der Waals surface area contributed by atoms with E-state index in [1.807, 2.05) is 16.7 Å². The second-order valence-electron chi connectivity index (χ2n) is 7.63. The van der Waals surface area contributed by atoms with Gasteiger partial charge >= 0.3 is 0 Å². The molecule has 11 heteroatoms. The number of hydrogen-bond acceptors (Lipinski definition) is 8. The lowest BCUT2D eigenvalue weighted by atomic mass is 10.2. The topological polar surface area (TPSA) is 116 Å². The quantitative estimate of drug-likeness (QED) is 0.343. The highest BCUT2D eigenvalue weighted by atomic mass is 79.9. The van der Waals surface area contributed by atoms with Crippen LogP contribution in [0.15, 0.2) is 38.8 Å². The molecule has 0 spiro atoms. The molecule has 0 bridgehead atoms. The summed E-state index contributed by atoms with van der Waals surface area (Å²) in [4.78, 5) is 26.2. The molecular formula is C21H21BrN8O2. The first-order valence-corrected chi connectivity index (χ1v) is 11.4. The molecule has 0 saturated carbocycles. The number of pyridine rings is 1. The van der Waals surface area contributed by atoms with Crippen LogP contribution in [0.4, 0.5) is 5.82 Å². The molecule has 0 fully saturated rings. The first-order valence-electron chi connectivity index (χ1n) is 10.6. The summed E-state index contributed by atoms with van der Waals surface area (Å²) in [6, 6.07) is 3.64. The van der Waals surface area contributed by atoms with E-state index in [0.717, 1.165) is 36.0 Å². The summed E-state index contributed by atoms with van der Waals surface area (Å²) in [6.45, 7) is 2.90. The standard InChI is InChI=1S/C21H21BrN8O2/c1-2-3-4-11-29-19-14(12-15(22)24-19)20(31)30-16(26-27-21(29)30)5-6-17-25-18(28-32-17)13-7-9-23-10-8-13/h7-10H,2-6,11-12H2,1H3. The second kappa shape index (κ2) is 8.73. The molecule has 5 rings (SSSR count). The molecule has 1 aliphatic heterocycles. The van der Waals surface area contributed by atoms with Crippen LogP contribution in [0, 0.1) is 0 Å². The average molecular weight is 497 g/mol. The highest BCUT2D eigenvalue weighted by molar-refractivity contribution is 9.18. The van der Waals surface area contributed by atoms with Crippen LogP contribution >= 0.6 is 15.9 Å². The van der Waals surface area contributed by atoms with Crippen LogP contribution in [0.3, 0.4) is 0 Å². The van der Waals surface area contributed by atoms with E-state index in [2.05, 4.69) is 53.2 Å². The van der Waals surface area contributed by atoms with Crippen molar-refractivity contribution in [3.05, 3.63) is 52.2 Å². The van der Waals surface area contributed by atoms with Gasteiger partial charge in [-0.1, -0.05) is 24.9 Å². The van der Waals surface area contributed by atoms with Crippen molar-refractivity contribution >= 4 is 32.1 Å². The van der Waals surface area contributed by atoms with Crippen molar-refractivity contribution in [3.63, 3.8) is 0 Å². The number of rotatable bonds is 8. The number of halogens is 1. The predicted octanol–water partition coefficient (Wildman–Crippen LogP) is 3.29. The second-order valence-corrected chi connectivity index (χ2v) is 8.55. The lowest BCUT2D eigenvalue weighted by molar-refractivity contribution is 0.378. The Morgan fingerprint density at radius 2 is 2.00 bits per heavy atom. The van der Waals surface area contributed by atoms with Crippen molar-refractivity contribution in [2.75, 3.05) is 0 Å². The lowest BCUT2D eigenvalue weighted by Crippen LogP contribution is -2.24. The lowest BCUT2D eigenvalue weighted by Gasteiger charge is -2.12. The van der Waals surface area contributed by atoms with Crippen LogP contribution in [-0.4, -0.2) is 38.9 Å². The molecule has 10 nitrogen and oxygen atoms in total. The van der Waals surface area contributed by atoms with Gasteiger partial charge in [0, 0.05) is 43.8 Å². The van der Waals surface area contributed by atoms with Crippen LogP contribution in [0.5, 0.6) is 0 Å². The average Bonchev–Trinajstić information content (AvgIpc) is 3.53. The number of hydrogen-bond donors (Lipinski definition) is 0. The summed E-state index contributed by atoms with van der Waals surface area (Å²) >= 11 is 3.45. The van der Waals surface area contributed by atoms with E-state index in [0.29, 0.717) is 54.0 Å². The normalized spacial score (nSPS) is 13.0. The van der Waals surface area contributed by atoms with E-state index < -0.39 is 0 Å². The van der Waals surface area contributed by atoms with Crippen LogP contribution in [0.1, 0.15) is 43.5 Å². The molecule has 4 aromatic heterocycles. The van der Waals surface area contributed by atoms with Gasteiger partial charge < -0.3 is 4.52 Å². The molecule has 0 N–H and O–H groups in total. The minimum atomic E-state index is -0.122. The molecule has 0 radical (unpaired) electrons. The molecule has 0 saturated heterocycles. The maximum atomic E-state index is 13.2. The van der Waals surface area contributed by atoms with Crippen molar-refractivity contribution in [1.29, 1.82) is 0 Å². The van der Waals surface area contributed by atoms with Crippen molar-refractivity contribution in [1.82, 2.24) is 34.3 Å². The minimum Gasteiger partial charge on any atom is -0.339 e. The Balaban J connectivity index is 1.45. The van der Waals surface area contributed by atoms with Gasteiger partial charge in [-0.05, 0) is 34.5 Å². The smallest absolute Gasteiger partial charge is 0.266 e. The van der Waals surface area contributed by atoms with Crippen molar-refractivity contribution < 1.29 is 4.52 Å². The Hall–Kier alpha value is -3.21. The zero-order chi connectivity index (χ0) is 22.1. The van der Waals surface area contributed by atoms with Gasteiger partial charge in [0.1, 0.15) is 11.6 Å². The van der Waals surface area contributed by atoms with Gasteiger partial charge in [0.15, 0.2) is 0 Å². The van der Waals surface area contributed by atoms with Gasteiger partial charge in [0.05, 0.1) is 10.2 Å². The molecule has 164 valence electrons. The summed E-state index contributed by atoms with van der Waals surface area (Å²) in [6.07, 6.45) is 7.92. The van der Waals surface area contributed by atoms with E-state index in [-0.39, 0.29) is 5.56 Å². The molecule has 5 heterocycles. The van der Waals surface area contributed by atoms with Crippen LogP contribution in [0.25, 0.3) is 17.2 Å². The van der Waals surface area contributed by atoms with E-state index >= 15 is 0 Å². The summed E-state index contributed by atoms with van der Waals surface area (Å²) in [5, 5.41) is 12.7. The largest absolute Gasteiger partial charge is 0.339 e. The van der Waals surface area contributed by atoms with Gasteiger partial charge in [-0.3, -0.25) is 14.3 Å². The molecule has 4 aromatic rings. The Labute approximate surface area is 191 Å². The fourth-order valence-corrected chi connectivity index (χ4v) is 4.29. The van der Waals surface area contributed by atoms with Crippen molar-refractivity contribution in [3.8, 4) is 11.4 Å². The fraction of sp³-hybridized carbons (Fsp3) is 0.381. The monoisotopic (exact) mass is 496 g/mol. The first-order chi connectivity index (χ1) is 15.7. The number of fused-ring (bicyclic) bond motifs is 2. The highest BCUT2D eigenvalue weighted by Crippen LogP contribution is 2.28. The summed E-state index contributed by atoms with van der Waals surface area (Å²) in [5.74, 6) is 2.76. The van der Waals surface area contributed by atoms with E-state index in [4.69, 9.17) is 4.52 Å². The number of aromatic nitrogens is 7.